The van der Waals surface area contributed by atoms with E-state index >= 15 is 0 Å². The van der Waals surface area contributed by atoms with Gasteiger partial charge in [-0.3, -0.25) is 14.2 Å². The molecular weight excluding hydrogens is 451 g/mol. The molecule has 0 saturated heterocycles. The summed E-state index contributed by atoms with van der Waals surface area (Å²) in [6.07, 6.45) is 0. The minimum Gasteiger partial charge on any atom is -0.349 e. The molecule has 3 aromatic carbocycles. The Labute approximate surface area is 198 Å². The number of amides is 1. The van der Waals surface area contributed by atoms with Gasteiger partial charge < -0.3 is 10.3 Å². The lowest BCUT2D eigenvalue weighted by atomic mass is 10.1. The minimum absolute atomic E-state index is 0.0302. The Hall–Kier alpha value is -3.91. The number of anilines is 1. The first-order chi connectivity index (χ1) is 16.4. The molecule has 2 aromatic heterocycles. The highest BCUT2D eigenvalue weighted by Crippen LogP contribution is 2.27. The number of hydrogen-bond donors (Lipinski definition) is 2. The summed E-state index contributed by atoms with van der Waals surface area (Å²) in [5.74, 6) is -0.624. The average molecular weight is 473 g/mol. The van der Waals surface area contributed by atoms with E-state index in [1.54, 1.807) is 4.57 Å². The highest BCUT2D eigenvalue weighted by molar-refractivity contribution is 7.99. The zero-order valence-electron chi connectivity index (χ0n) is 18.6. The number of fused-ring (bicyclic) bond motifs is 3. The first-order valence-electron chi connectivity index (χ1n) is 10.7. The monoisotopic (exact) mass is 472 g/mol. The molecule has 2 N–H and O–H groups in total. The molecule has 6 nitrogen and oxygen atoms in total. The van der Waals surface area contributed by atoms with Crippen LogP contribution in [-0.4, -0.2) is 26.2 Å². The van der Waals surface area contributed by atoms with E-state index in [1.165, 1.54) is 36.0 Å². The van der Waals surface area contributed by atoms with Crippen LogP contribution in [0.3, 0.4) is 0 Å². The van der Waals surface area contributed by atoms with Crippen LogP contribution in [0, 0.1) is 19.7 Å². The molecule has 2 heterocycles. The van der Waals surface area contributed by atoms with Gasteiger partial charge in [0.25, 0.3) is 5.56 Å². The van der Waals surface area contributed by atoms with Crippen LogP contribution in [0.2, 0.25) is 0 Å². The molecule has 5 rings (SSSR count). The molecule has 0 aliphatic heterocycles. The van der Waals surface area contributed by atoms with Gasteiger partial charge in [0.05, 0.1) is 11.4 Å². The number of halogens is 1. The number of H-pyrrole nitrogens is 1. The van der Waals surface area contributed by atoms with Crippen LogP contribution < -0.4 is 10.9 Å². The maximum atomic E-state index is 13.7. The van der Waals surface area contributed by atoms with Crippen molar-refractivity contribution in [3.8, 4) is 5.69 Å². The number of nitrogens with one attached hydrogen (secondary N) is 2. The summed E-state index contributed by atoms with van der Waals surface area (Å²) in [5, 5.41) is 4.01. The number of nitrogens with zero attached hydrogens (tertiary/aromatic N) is 2. The van der Waals surface area contributed by atoms with Crippen LogP contribution >= 0.6 is 11.8 Å². The number of thioether (sulfide) groups is 1. The van der Waals surface area contributed by atoms with Gasteiger partial charge in [0.1, 0.15) is 16.9 Å². The Morgan fingerprint density at radius 3 is 2.50 bits per heavy atom. The smallest absolute Gasteiger partial charge is 0.283 e. The Bertz CT molecular complexity index is 1590. The van der Waals surface area contributed by atoms with Crippen molar-refractivity contribution in [1.29, 1.82) is 0 Å². The normalized spacial score (nSPS) is 11.3. The fraction of sp³-hybridized carbons (Fsp3) is 0.115. The number of carbonyl (C=O) groups is 1. The van der Waals surface area contributed by atoms with Crippen LogP contribution in [0.4, 0.5) is 10.1 Å². The van der Waals surface area contributed by atoms with Gasteiger partial charge >= 0.3 is 0 Å². The van der Waals surface area contributed by atoms with Gasteiger partial charge in [0.15, 0.2) is 5.16 Å². The van der Waals surface area contributed by atoms with E-state index in [2.05, 4.69) is 10.3 Å². The molecule has 0 atom stereocenters. The Balaban J connectivity index is 1.58. The lowest BCUT2D eigenvalue weighted by molar-refractivity contribution is -0.113. The highest BCUT2D eigenvalue weighted by Gasteiger charge is 2.18. The first kappa shape index (κ1) is 21.9. The van der Waals surface area contributed by atoms with E-state index < -0.39 is 0 Å². The third kappa shape index (κ3) is 4.20. The Kier molecular flexibility index (Phi) is 5.67. The number of aromatic amines is 1. The van der Waals surface area contributed by atoms with Crippen LogP contribution in [0.15, 0.2) is 76.7 Å². The van der Waals surface area contributed by atoms with E-state index in [4.69, 9.17) is 4.98 Å². The van der Waals surface area contributed by atoms with Crippen molar-refractivity contribution in [2.24, 2.45) is 0 Å². The van der Waals surface area contributed by atoms with Crippen LogP contribution in [0.25, 0.3) is 27.6 Å². The largest absolute Gasteiger partial charge is 0.349 e. The Morgan fingerprint density at radius 1 is 1.06 bits per heavy atom. The summed E-state index contributed by atoms with van der Waals surface area (Å²) in [5.41, 5.74) is 4.81. The summed E-state index contributed by atoms with van der Waals surface area (Å²) in [4.78, 5) is 34.3. The molecule has 0 spiro atoms. The second kappa shape index (κ2) is 8.79. The van der Waals surface area contributed by atoms with Crippen molar-refractivity contribution in [3.05, 3.63) is 94.0 Å². The zero-order chi connectivity index (χ0) is 23.8. The van der Waals surface area contributed by atoms with Gasteiger partial charge in [-0.15, -0.1) is 0 Å². The van der Waals surface area contributed by atoms with E-state index in [1.807, 2.05) is 56.3 Å². The van der Waals surface area contributed by atoms with Crippen molar-refractivity contribution < 1.29 is 9.18 Å². The standard InChI is InChI=1S/C26H21FN4O2S/c1-15-11-16(2)13-19(12-15)31-25(33)24-23(20-5-3-4-6-21(20)29-24)30-26(31)34-14-22(32)28-18-9-7-17(27)8-10-18/h3-13,29H,14H2,1-2H3,(H,28,32). The quantitative estimate of drug-likeness (QED) is 0.267. The van der Waals surface area contributed by atoms with Gasteiger partial charge in [0.2, 0.25) is 5.91 Å². The third-order valence-electron chi connectivity index (χ3n) is 5.42. The lowest BCUT2D eigenvalue weighted by Gasteiger charge is -2.13. The minimum atomic E-state index is -0.374. The van der Waals surface area contributed by atoms with Gasteiger partial charge in [-0.25, -0.2) is 9.37 Å². The topological polar surface area (TPSA) is 79.8 Å². The number of hydrogen-bond acceptors (Lipinski definition) is 4. The molecule has 0 aliphatic rings. The SMILES string of the molecule is Cc1cc(C)cc(-n2c(SCC(=O)Nc3ccc(F)cc3)nc3c([nH]c4ccccc43)c2=O)c1. The number of carbonyl (C=O) groups excluding carboxylic acids is 1. The van der Waals surface area contributed by atoms with Gasteiger partial charge in [-0.1, -0.05) is 36.0 Å². The molecule has 0 unspecified atom stereocenters. The molecule has 5 aromatic rings. The molecule has 0 fully saturated rings. The van der Waals surface area contributed by atoms with E-state index in [0.717, 1.165) is 22.0 Å². The molecular formula is C26H21FN4O2S. The van der Waals surface area contributed by atoms with Crippen molar-refractivity contribution in [2.75, 3.05) is 11.1 Å². The van der Waals surface area contributed by atoms with Crippen molar-refractivity contribution in [1.82, 2.24) is 14.5 Å². The summed E-state index contributed by atoms with van der Waals surface area (Å²) >= 11 is 1.18. The lowest BCUT2D eigenvalue weighted by Crippen LogP contribution is -2.23. The fourth-order valence-electron chi connectivity index (χ4n) is 4.01. The van der Waals surface area contributed by atoms with Crippen LogP contribution in [0.1, 0.15) is 11.1 Å². The van der Waals surface area contributed by atoms with Gasteiger partial charge in [0, 0.05) is 16.6 Å². The third-order valence-corrected chi connectivity index (χ3v) is 6.36. The average Bonchev–Trinajstić information content (AvgIpc) is 3.18. The number of para-hydroxylation sites is 1. The Morgan fingerprint density at radius 2 is 1.76 bits per heavy atom. The summed E-state index contributed by atoms with van der Waals surface area (Å²) in [7, 11) is 0. The summed E-state index contributed by atoms with van der Waals surface area (Å²) < 4.78 is 14.7. The van der Waals surface area contributed by atoms with Crippen LogP contribution in [-0.2, 0) is 4.79 Å². The first-order valence-corrected chi connectivity index (χ1v) is 11.7. The maximum Gasteiger partial charge on any atom is 0.283 e. The fourth-order valence-corrected chi connectivity index (χ4v) is 4.81. The van der Waals surface area contributed by atoms with Crippen molar-refractivity contribution >= 4 is 45.3 Å². The van der Waals surface area contributed by atoms with Gasteiger partial charge in [-0.2, -0.15) is 0 Å². The maximum absolute atomic E-state index is 13.7. The number of aryl methyl sites for hydroxylation is 2. The second-order valence-corrected chi connectivity index (χ2v) is 9.06. The molecule has 1 amide bonds. The zero-order valence-corrected chi connectivity index (χ0v) is 19.4. The highest BCUT2D eigenvalue weighted by atomic mass is 32.2. The summed E-state index contributed by atoms with van der Waals surface area (Å²) in [6.45, 7) is 3.94. The number of aromatic nitrogens is 3. The predicted octanol–water partition coefficient (Wildman–Crippen LogP) is 5.35. The van der Waals surface area contributed by atoms with Crippen molar-refractivity contribution in [3.63, 3.8) is 0 Å². The molecule has 0 saturated carbocycles. The number of benzene rings is 3. The molecule has 0 radical (unpaired) electrons. The molecule has 34 heavy (non-hydrogen) atoms. The molecule has 170 valence electrons. The molecule has 0 bridgehead atoms. The number of rotatable bonds is 5. The second-order valence-electron chi connectivity index (χ2n) is 8.12. The van der Waals surface area contributed by atoms with E-state index in [-0.39, 0.29) is 23.0 Å². The molecule has 8 heteroatoms. The van der Waals surface area contributed by atoms with Gasteiger partial charge in [-0.05, 0) is 67.4 Å². The molecule has 0 aliphatic carbocycles. The van der Waals surface area contributed by atoms with Crippen molar-refractivity contribution in [2.45, 2.75) is 19.0 Å². The van der Waals surface area contributed by atoms with E-state index in [0.29, 0.717) is 27.6 Å². The summed E-state index contributed by atoms with van der Waals surface area (Å²) in [6, 6.07) is 19.1. The predicted molar refractivity (Wildman–Crippen MR) is 134 cm³/mol. The van der Waals surface area contributed by atoms with E-state index in [9.17, 15) is 14.0 Å². The van der Waals surface area contributed by atoms with Crippen LogP contribution in [0.5, 0.6) is 0 Å².